The van der Waals surface area contributed by atoms with Crippen LogP contribution < -0.4 is 4.74 Å². The molecule has 0 N–H and O–H groups in total. The molecule has 0 bridgehead atoms. The standard InChI is InChI=1S/C24H29N3O3/c1-16-7-12-20(17(2)13-16)29-15-22(28)27(6)14-21-25-26-23(30-21)18-8-10-19(11-9-18)24(3,4)5/h7-13H,14-15H2,1-6H3. The summed E-state index contributed by atoms with van der Waals surface area (Å²) in [6, 6.07) is 14.0. The molecule has 3 aromatic rings. The summed E-state index contributed by atoms with van der Waals surface area (Å²) in [6.07, 6.45) is 0. The zero-order valence-electron chi connectivity index (χ0n) is 18.5. The van der Waals surface area contributed by atoms with Gasteiger partial charge in [0.15, 0.2) is 6.61 Å². The largest absolute Gasteiger partial charge is 0.484 e. The van der Waals surface area contributed by atoms with Crippen LogP contribution in [0.1, 0.15) is 43.4 Å². The molecule has 0 unspecified atom stereocenters. The van der Waals surface area contributed by atoms with Crippen molar-refractivity contribution in [2.45, 2.75) is 46.6 Å². The lowest BCUT2D eigenvalue weighted by Gasteiger charge is -2.18. The molecule has 0 saturated heterocycles. The van der Waals surface area contributed by atoms with Crippen molar-refractivity contribution in [1.82, 2.24) is 15.1 Å². The Bertz CT molecular complexity index is 1020. The molecule has 6 nitrogen and oxygen atoms in total. The second-order valence-corrected chi connectivity index (χ2v) is 8.64. The molecule has 0 aliphatic heterocycles. The zero-order valence-corrected chi connectivity index (χ0v) is 18.5. The lowest BCUT2D eigenvalue weighted by molar-refractivity contribution is -0.132. The average molecular weight is 408 g/mol. The van der Waals surface area contributed by atoms with Crippen molar-refractivity contribution in [3.8, 4) is 17.2 Å². The summed E-state index contributed by atoms with van der Waals surface area (Å²) in [7, 11) is 1.69. The number of carbonyl (C=O) groups excluding carboxylic acids is 1. The first-order valence-electron chi connectivity index (χ1n) is 10.0. The topological polar surface area (TPSA) is 68.5 Å². The van der Waals surface area contributed by atoms with Crippen molar-refractivity contribution < 1.29 is 13.9 Å². The molecule has 1 amide bonds. The summed E-state index contributed by atoms with van der Waals surface area (Å²) in [5.74, 6) is 1.37. The normalized spacial score (nSPS) is 11.4. The predicted octanol–water partition coefficient (Wildman–Crippen LogP) is 4.69. The van der Waals surface area contributed by atoms with E-state index in [9.17, 15) is 4.79 Å². The van der Waals surface area contributed by atoms with Crippen LogP contribution in [0.5, 0.6) is 5.75 Å². The Kier molecular flexibility index (Phi) is 6.25. The highest BCUT2D eigenvalue weighted by Crippen LogP contribution is 2.25. The summed E-state index contributed by atoms with van der Waals surface area (Å²) in [5.41, 5.74) is 4.34. The number of hydrogen-bond donors (Lipinski definition) is 0. The van der Waals surface area contributed by atoms with E-state index in [0.29, 0.717) is 17.5 Å². The third kappa shape index (κ3) is 5.26. The molecule has 2 aromatic carbocycles. The number of carbonyl (C=O) groups is 1. The van der Waals surface area contributed by atoms with Crippen molar-refractivity contribution in [3.63, 3.8) is 0 Å². The molecule has 0 saturated carbocycles. The number of rotatable bonds is 6. The maximum Gasteiger partial charge on any atom is 0.260 e. The van der Waals surface area contributed by atoms with E-state index in [1.165, 1.54) is 10.5 Å². The molecule has 6 heteroatoms. The number of ether oxygens (including phenoxy) is 1. The Balaban J connectivity index is 1.58. The quantitative estimate of drug-likeness (QED) is 0.593. The molecule has 30 heavy (non-hydrogen) atoms. The molecule has 3 rings (SSSR count). The van der Waals surface area contributed by atoms with E-state index in [2.05, 4.69) is 43.1 Å². The first kappa shape index (κ1) is 21.6. The fourth-order valence-corrected chi connectivity index (χ4v) is 3.05. The lowest BCUT2D eigenvalue weighted by atomic mass is 9.87. The van der Waals surface area contributed by atoms with Crippen LogP contribution in [0.3, 0.4) is 0 Å². The third-order valence-electron chi connectivity index (χ3n) is 4.94. The highest BCUT2D eigenvalue weighted by molar-refractivity contribution is 5.77. The van der Waals surface area contributed by atoms with E-state index in [0.717, 1.165) is 16.7 Å². The Morgan fingerprint density at radius 3 is 2.40 bits per heavy atom. The minimum atomic E-state index is -0.163. The fourth-order valence-electron chi connectivity index (χ4n) is 3.05. The van der Waals surface area contributed by atoms with Crippen molar-refractivity contribution in [2.75, 3.05) is 13.7 Å². The second kappa shape index (κ2) is 8.69. The number of likely N-dealkylation sites (N-methyl/N-ethyl adjacent to an activating group) is 1. The Morgan fingerprint density at radius 2 is 1.77 bits per heavy atom. The SMILES string of the molecule is Cc1ccc(OCC(=O)N(C)Cc2nnc(-c3ccc(C(C)(C)C)cc3)o2)c(C)c1. The van der Waals surface area contributed by atoms with Gasteiger partial charge in [-0.05, 0) is 48.6 Å². The molecule has 0 atom stereocenters. The smallest absolute Gasteiger partial charge is 0.260 e. The van der Waals surface area contributed by atoms with Crippen LogP contribution in [0.15, 0.2) is 46.9 Å². The van der Waals surface area contributed by atoms with Gasteiger partial charge in [-0.25, -0.2) is 0 Å². The van der Waals surface area contributed by atoms with Crippen LogP contribution in [0, 0.1) is 13.8 Å². The van der Waals surface area contributed by atoms with Crippen LogP contribution >= 0.6 is 0 Å². The van der Waals surface area contributed by atoms with E-state index >= 15 is 0 Å². The molecular formula is C24H29N3O3. The fraction of sp³-hybridized carbons (Fsp3) is 0.375. The van der Waals surface area contributed by atoms with E-state index < -0.39 is 0 Å². The number of amides is 1. The van der Waals surface area contributed by atoms with Gasteiger partial charge >= 0.3 is 0 Å². The van der Waals surface area contributed by atoms with Gasteiger partial charge in [0.05, 0.1) is 6.54 Å². The summed E-state index contributed by atoms with van der Waals surface area (Å²) in [4.78, 5) is 13.9. The van der Waals surface area contributed by atoms with E-state index in [-0.39, 0.29) is 24.5 Å². The maximum atomic E-state index is 12.4. The van der Waals surface area contributed by atoms with Gasteiger partial charge in [-0.1, -0.05) is 50.6 Å². The van der Waals surface area contributed by atoms with E-state index in [1.807, 2.05) is 44.2 Å². The molecule has 0 spiro atoms. The molecule has 0 radical (unpaired) electrons. The van der Waals surface area contributed by atoms with Gasteiger partial charge in [0, 0.05) is 12.6 Å². The number of nitrogens with zero attached hydrogens (tertiary/aromatic N) is 3. The minimum absolute atomic E-state index is 0.0460. The van der Waals surface area contributed by atoms with Gasteiger partial charge in [0.2, 0.25) is 11.8 Å². The van der Waals surface area contributed by atoms with Crippen molar-refractivity contribution >= 4 is 5.91 Å². The molecule has 0 fully saturated rings. The Labute approximate surface area is 177 Å². The summed E-state index contributed by atoms with van der Waals surface area (Å²) in [6.45, 7) is 10.7. The summed E-state index contributed by atoms with van der Waals surface area (Å²) >= 11 is 0. The highest BCUT2D eigenvalue weighted by Gasteiger charge is 2.17. The number of aryl methyl sites for hydroxylation is 2. The highest BCUT2D eigenvalue weighted by atomic mass is 16.5. The maximum absolute atomic E-state index is 12.4. The third-order valence-corrected chi connectivity index (χ3v) is 4.94. The number of aromatic nitrogens is 2. The summed E-state index contributed by atoms with van der Waals surface area (Å²) in [5, 5.41) is 8.20. The summed E-state index contributed by atoms with van der Waals surface area (Å²) < 4.78 is 11.4. The van der Waals surface area contributed by atoms with Gasteiger partial charge < -0.3 is 14.1 Å². The van der Waals surface area contributed by atoms with Crippen LogP contribution in [-0.4, -0.2) is 34.7 Å². The van der Waals surface area contributed by atoms with E-state index in [4.69, 9.17) is 9.15 Å². The first-order chi connectivity index (χ1) is 14.1. The molecule has 158 valence electrons. The zero-order chi connectivity index (χ0) is 21.9. The van der Waals surface area contributed by atoms with E-state index in [1.54, 1.807) is 7.05 Å². The Morgan fingerprint density at radius 1 is 1.07 bits per heavy atom. The molecular weight excluding hydrogens is 378 g/mol. The van der Waals surface area contributed by atoms with Gasteiger partial charge in [0.25, 0.3) is 5.91 Å². The molecule has 0 aliphatic rings. The van der Waals surface area contributed by atoms with Gasteiger partial charge in [0.1, 0.15) is 5.75 Å². The van der Waals surface area contributed by atoms with Gasteiger partial charge in [-0.3, -0.25) is 4.79 Å². The molecule has 0 aliphatic carbocycles. The second-order valence-electron chi connectivity index (χ2n) is 8.64. The number of hydrogen-bond acceptors (Lipinski definition) is 5. The van der Waals surface area contributed by atoms with Crippen LogP contribution in [-0.2, 0) is 16.8 Å². The first-order valence-corrected chi connectivity index (χ1v) is 10.0. The predicted molar refractivity (Wildman–Crippen MR) is 116 cm³/mol. The Hall–Kier alpha value is -3.15. The van der Waals surface area contributed by atoms with Crippen LogP contribution in [0.2, 0.25) is 0 Å². The average Bonchev–Trinajstić information content (AvgIpc) is 3.15. The number of benzene rings is 2. The van der Waals surface area contributed by atoms with Gasteiger partial charge in [-0.2, -0.15) is 0 Å². The monoisotopic (exact) mass is 407 g/mol. The van der Waals surface area contributed by atoms with Crippen molar-refractivity contribution in [1.29, 1.82) is 0 Å². The van der Waals surface area contributed by atoms with Crippen molar-refractivity contribution in [2.24, 2.45) is 0 Å². The molecule has 1 heterocycles. The lowest BCUT2D eigenvalue weighted by Crippen LogP contribution is -2.31. The van der Waals surface area contributed by atoms with Crippen LogP contribution in [0.25, 0.3) is 11.5 Å². The molecule has 1 aromatic heterocycles. The van der Waals surface area contributed by atoms with Crippen LogP contribution in [0.4, 0.5) is 0 Å². The van der Waals surface area contributed by atoms with Crippen molar-refractivity contribution in [3.05, 3.63) is 65.0 Å². The van der Waals surface area contributed by atoms with Gasteiger partial charge in [-0.15, -0.1) is 10.2 Å². The minimum Gasteiger partial charge on any atom is -0.484 e.